The molecule has 0 aliphatic heterocycles. The van der Waals surface area contributed by atoms with Gasteiger partial charge in [0.25, 0.3) is 5.91 Å². The van der Waals surface area contributed by atoms with Crippen molar-refractivity contribution in [3.05, 3.63) is 60.2 Å². The minimum absolute atomic E-state index is 0.0431. The minimum atomic E-state index is -2.07. The van der Waals surface area contributed by atoms with Crippen LogP contribution < -0.4 is 30.0 Å². The highest BCUT2D eigenvalue weighted by molar-refractivity contribution is 6.26. The number of hydrogen-bond acceptors (Lipinski definition) is 8. The van der Waals surface area contributed by atoms with Crippen molar-refractivity contribution in [2.24, 2.45) is 0 Å². The second-order valence-electron chi connectivity index (χ2n) is 9.54. The van der Waals surface area contributed by atoms with Crippen molar-refractivity contribution in [1.82, 2.24) is 0 Å². The van der Waals surface area contributed by atoms with E-state index in [0.717, 1.165) is 10.8 Å². The molecule has 1 atom stereocenters. The molecule has 0 bridgehead atoms. The van der Waals surface area contributed by atoms with Gasteiger partial charge >= 0.3 is 5.97 Å². The quantitative estimate of drug-likeness (QED) is 0.288. The van der Waals surface area contributed by atoms with Gasteiger partial charge in [0, 0.05) is 22.0 Å². The third kappa shape index (κ3) is 9.47. The Labute approximate surface area is 226 Å². The lowest BCUT2D eigenvalue weighted by atomic mass is 10.1. The number of benzene rings is 3. The van der Waals surface area contributed by atoms with Gasteiger partial charge in [0.05, 0.1) is 19.8 Å². The van der Waals surface area contributed by atoms with Gasteiger partial charge in [0.15, 0.2) is 17.5 Å². The van der Waals surface area contributed by atoms with E-state index in [0.29, 0.717) is 35.0 Å². The second-order valence-corrected chi connectivity index (χ2v) is 9.54. The summed E-state index contributed by atoms with van der Waals surface area (Å²) < 4.78 is 16.5. The maximum Gasteiger partial charge on any atom is 0.351 e. The van der Waals surface area contributed by atoms with Crippen molar-refractivity contribution >= 4 is 34.3 Å². The number of fused-ring (bicyclic) bond motifs is 1. The zero-order valence-electron chi connectivity index (χ0n) is 22.5. The number of anilines is 1. The molecule has 0 heterocycles. The van der Waals surface area contributed by atoms with E-state index in [-0.39, 0.29) is 18.1 Å². The fourth-order valence-corrected chi connectivity index (χ4v) is 3.43. The SMILES string of the molecule is COc1ccc(C(=O)Nc2cccc3c(OCC(O)C[NH2+]C(C)(C)C)cccc23)cc1OC.O=C([O-])C(=O)O. The molecule has 0 aliphatic carbocycles. The van der Waals surface area contributed by atoms with Gasteiger partial charge in [0.1, 0.15) is 25.0 Å². The van der Waals surface area contributed by atoms with Gasteiger partial charge in [0.2, 0.25) is 0 Å². The number of aliphatic hydroxyl groups excluding tert-OH is 1. The molecule has 0 radical (unpaired) electrons. The van der Waals surface area contributed by atoms with E-state index >= 15 is 0 Å². The predicted octanol–water partition coefficient (Wildman–Crippen LogP) is 1.03. The van der Waals surface area contributed by atoms with Crippen LogP contribution in [0.1, 0.15) is 31.1 Å². The van der Waals surface area contributed by atoms with E-state index in [1.165, 1.54) is 7.11 Å². The van der Waals surface area contributed by atoms with Crippen LogP contribution in [-0.2, 0) is 9.59 Å². The Morgan fingerprint density at radius 1 is 0.949 bits per heavy atom. The number of aliphatic hydroxyl groups is 1. The zero-order valence-corrected chi connectivity index (χ0v) is 22.5. The fraction of sp³-hybridized carbons (Fsp3) is 0.321. The van der Waals surface area contributed by atoms with Gasteiger partial charge in [-0.05, 0) is 51.1 Å². The lowest BCUT2D eigenvalue weighted by Crippen LogP contribution is -2.96. The number of nitrogens with one attached hydrogen (secondary N) is 1. The molecule has 5 N–H and O–H groups in total. The smallest absolute Gasteiger partial charge is 0.351 e. The molecular formula is C28H34N2O9. The number of aliphatic carboxylic acids is 2. The van der Waals surface area contributed by atoms with Crippen LogP contribution in [0.25, 0.3) is 10.8 Å². The molecular weight excluding hydrogens is 508 g/mol. The molecule has 11 nitrogen and oxygen atoms in total. The Hall–Kier alpha value is -4.35. The molecule has 39 heavy (non-hydrogen) atoms. The van der Waals surface area contributed by atoms with Crippen molar-refractivity contribution in [2.45, 2.75) is 32.4 Å². The first kappa shape index (κ1) is 30.9. The van der Waals surface area contributed by atoms with Crippen LogP contribution in [0.4, 0.5) is 5.69 Å². The Kier molecular flexibility index (Phi) is 11.1. The van der Waals surface area contributed by atoms with Crippen molar-refractivity contribution < 1.29 is 49.2 Å². The first-order valence-electron chi connectivity index (χ1n) is 12.0. The highest BCUT2D eigenvalue weighted by atomic mass is 16.5. The number of nitrogens with two attached hydrogens (primary N) is 1. The number of carbonyl (C=O) groups is 3. The molecule has 3 aromatic rings. The Morgan fingerprint density at radius 3 is 2.15 bits per heavy atom. The average Bonchev–Trinajstić information content (AvgIpc) is 2.90. The van der Waals surface area contributed by atoms with Gasteiger partial charge in [-0.15, -0.1) is 0 Å². The first-order chi connectivity index (χ1) is 18.4. The highest BCUT2D eigenvalue weighted by Crippen LogP contribution is 2.32. The molecule has 0 saturated carbocycles. The molecule has 0 saturated heterocycles. The molecule has 3 aromatic carbocycles. The van der Waals surface area contributed by atoms with Crippen LogP contribution in [0.15, 0.2) is 54.6 Å². The summed E-state index contributed by atoms with van der Waals surface area (Å²) in [5.74, 6) is -2.57. The largest absolute Gasteiger partial charge is 0.539 e. The standard InChI is InChI=1S/C26H32N2O5.C2H2O4/c1-26(2,3)27-15-18(29)16-33-22-11-7-8-19-20(22)9-6-10-21(19)28-25(30)17-12-13-23(31-4)24(14-17)32-5;3-1(4)2(5)6/h6-14,18,27,29H,15-16H2,1-5H3,(H,28,30);(H,3,4)(H,5,6). The number of methoxy groups -OCH3 is 2. The number of amides is 1. The third-order valence-electron chi connectivity index (χ3n) is 5.38. The first-order valence-corrected chi connectivity index (χ1v) is 12.0. The van der Waals surface area contributed by atoms with Crippen molar-refractivity contribution in [1.29, 1.82) is 0 Å². The number of ether oxygens (including phenoxy) is 3. The van der Waals surface area contributed by atoms with Crippen molar-refractivity contribution in [2.75, 3.05) is 32.7 Å². The number of carboxylic acid groups (broad SMARTS) is 2. The molecule has 0 aliphatic rings. The van der Waals surface area contributed by atoms with Gasteiger partial charge in [-0.1, -0.05) is 24.3 Å². The molecule has 0 fully saturated rings. The summed E-state index contributed by atoms with van der Waals surface area (Å²) in [5.41, 5.74) is 1.16. The maximum absolute atomic E-state index is 12.9. The minimum Gasteiger partial charge on any atom is -0.539 e. The van der Waals surface area contributed by atoms with Crippen LogP contribution in [-0.4, -0.2) is 67.1 Å². The summed E-state index contributed by atoms with van der Waals surface area (Å²) in [4.78, 5) is 30.9. The molecule has 3 rings (SSSR count). The molecule has 0 spiro atoms. The van der Waals surface area contributed by atoms with E-state index in [1.807, 2.05) is 36.4 Å². The number of carbonyl (C=O) groups excluding carboxylic acids is 2. The number of hydrogen-bond donors (Lipinski definition) is 4. The highest BCUT2D eigenvalue weighted by Gasteiger charge is 2.17. The Balaban J connectivity index is 0.000000798. The van der Waals surface area contributed by atoms with E-state index in [9.17, 15) is 9.90 Å². The normalized spacial score (nSPS) is 11.5. The van der Waals surface area contributed by atoms with Crippen LogP contribution in [0.3, 0.4) is 0 Å². The van der Waals surface area contributed by atoms with E-state index in [2.05, 4.69) is 31.4 Å². The number of carboxylic acids is 2. The van der Waals surface area contributed by atoms with Gasteiger partial charge in [-0.25, -0.2) is 4.79 Å². The monoisotopic (exact) mass is 542 g/mol. The Bertz CT molecular complexity index is 1290. The molecule has 210 valence electrons. The van der Waals surface area contributed by atoms with Crippen LogP contribution in [0.2, 0.25) is 0 Å². The lowest BCUT2D eigenvalue weighted by Gasteiger charge is -2.20. The summed E-state index contributed by atoms with van der Waals surface area (Å²) in [6, 6.07) is 16.3. The number of quaternary nitrogens is 1. The van der Waals surface area contributed by atoms with Crippen molar-refractivity contribution in [3.63, 3.8) is 0 Å². The van der Waals surface area contributed by atoms with Gasteiger partial charge in [-0.3, -0.25) is 4.79 Å². The van der Waals surface area contributed by atoms with Gasteiger partial charge in [-0.2, -0.15) is 0 Å². The van der Waals surface area contributed by atoms with Gasteiger partial charge < -0.3 is 45.0 Å². The topological polar surface area (TPSA) is 171 Å². The van der Waals surface area contributed by atoms with E-state index < -0.39 is 18.0 Å². The van der Waals surface area contributed by atoms with Crippen LogP contribution in [0.5, 0.6) is 17.2 Å². The lowest BCUT2D eigenvalue weighted by molar-refractivity contribution is -0.722. The maximum atomic E-state index is 12.9. The van der Waals surface area contributed by atoms with E-state index in [4.69, 9.17) is 34.0 Å². The Morgan fingerprint density at radius 2 is 1.56 bits per heavy atom. The summed E-state index contributed by atoms with van der Waals surface area (Å²) >= 11 is 0. The summed E-state index contributed by atoms with van der Waals surface area (Å²) in [6.45, 7) is 7.05. The third-order valence-corrected chi connectivity index (χ3v) is 5.38. The fourth-order valence-electron chi connectivity index (χ4n) is 3.43. The van der Waals surface area contributed by atoms with E-state index in [1.54, 1.807) is 25.3 Å². The average molecular weight is 543 g/mol. The number of rotatable bonds is 9. The summed E-state index contributed by atoms with van der Waals surface area (Å²) in [7, 11) is 3.08. The molecule has 0 aromatic heterocycles. The van der Waals surface area contributed by atoms with Crippen LogP contribution >= 0.6 is 0 Å². The second kappa shape index (κ2) is 14.0. The van der Waals surface area contributed by atoms with Crippen molar-refractivity contribution in [3.8, 4) is 17.2 Å². The summed E-state index contributed by atoms with van der Waals surface area (Å²) in [6.07, 6.45) is -0.590. The predicted molar refractivity (Wildman–Crippen MR) is 142 cm³/mol. The molecule has 1 unspecified atom stereocenters. The summed E-state index contributed by atoms with van der Waals surface area (Å²) in [5, 5.41) is 33.4. The zero-order chi connectivity index (χ0) is 29.2. The van der Waals surface area contributed by atoms with Crippen LogP contribution in [0, 0.1) is 0 Å². The molecule has 11 heteroatoms. The molecule has 1 amide bonds.